The molecule has 3 atom stereocenters. The van der Waals surface area contributed by atoms with Crippen LogP contribution in [-0.2, 0) is 11.3 Å². The van der Waals surface area contributed by atoms with Crippen molar-refractivity contribution in [3.05, 3.63) is 11.9 Å². The highest BCUT2D eigenvalue weighted by Crippen LogP contribution is 2.28. The van der Waals surface area contributed by atoms with Crippen LogP contribution in [0.5, 0.6) is 0 Å². The van der Waals surface area contributed by atoms with Crippen LogP contribution in [0.3, 0.4) is 0 Å². The van der Waals surface area contributed by atoms with Gasteiger partial charge in [0, 0.05) is 19.1 Å². The van der Waals surface area contributed by atoms with E-state index >= 15 is 0 Å². The van der Waals surface area contributed by atoms with Crippen LogP contribution in [0.2, 0.25) is 0 Å². The van der Waals surface area contributed by atoms with Gasteiger partial charge in [0.25, 0.3) is 0 Å². The predicted molar refractivity (Wildman–Crippen MR) is 81.1 cm³/mol. The fourth-order valence-electron chi connectivity index (χ4n) is 3.58. The van der Waals surface area contributed by atoms with Gasteiger partial charge in [-0.25, -0.2) is 4.68 Å². The van der Waals surface area contributed by atoms with Crippen LogP contribution in [-0.4, -0.2) is 58.3 Å². The molecule has 2 saturated heterocycles. The van der Waals surface area contributed by atoms with E-state index in [4.69, 9.17) is 4.74 Å². The van der Waals surface area contributed by atoms with Crippen molar-refractivity contribution in [3.8, 4) is 0 Å². The number of hydrogen-bond donors (Lipinski definition) is 1. The monoisotopic (exact) mass is 293 g/mol. The van der Waals surface area contributed by atoms with Gasteiger partial charge in [-0.3, -0.25) is 4.90 Å². The third-order valence-electron chi connectivity index (χ3n) is 4.61. The standard InChI is InChI=1S/C15H27N5O/c1-3-7-20-13(9-17-18-20)15(16-4-2)14-10-19-8-5-6-12(19)11-21-14/h9,12,14-16H,3-8,10-11H2,1-2H3. The Morgan fingerprint density at radius 2 is 2.38 bits per heavy atom. The zero-order valence-electron chi connectivity index (χ0n) is 13.2. The zero-order valence-corrected chi connectivity index (χ0v) is 13.2. The molecule has 1 aromatic rings. The Morgan fingerprint density at radius 3 is 3.19 bits per heavy atom. The first kappa shape index (κ1) is 14.9. The smallest absolute Gasteiger partial charge is 0.0913 e. The normalized spacial score (nSPS) is 27.7. The first-order valence-electron chi connectivity index (χ1n) is 8.30. The van der Waals surface area contributed by atoms with Crippen molar-refractivity contribution in [2.75, 3.05) is 26.2 Å². The maximum Gasteiger partial charge on any atom is 0.0913 e. The van der Waals surface area contributed by atoms with Gasteiger partial charge in [-0.1, -0.05) is 19.1 Å². The largest absolute Gasteiger partial charge is 0.373 e. The minimum Gasteiger partial charge on any atom is -0.373 e. The van der Waals surface area contributed by atoms with E-state index in [0.717, 1.165) is 38.4 Å². The Morgan fingerprint density at radius 1 is 1.48 bits per heavy atom. The van der Waals surface area contributed by atoms with Crippen LogP contribution in [0.15, 0.2) is 6.20 Å². The van der Waals surface area contributed by atoms with Crippen LogP contribution in [0, 0.1) is 0 Å². The second-order valence-corrected chi connectivity index (χ2v) is 6.08. The van der Waals surface area contributed by atoms with E-state index < -0.39 is 0 Å². The first-order chi connectivity index (χ1) is 10.3. The Balaban J connectivity index is 1.75. The summed E-state index contributed by atoms with van der Waals surface area (Å²) in [4.78, 5) is 2.59. The lowest BCUT2D eigenvalue weighted by molar-refractivity contribution is -0.0662. The molecular formula is C15H27N5O. The van der Waals surface area contributed by atoms with Crippen molar-refractivity contribution in [2.45, 2.75) is 57.8 Å². The predicted octanol–water partition coefficient (Wildman–Crippen LogP) is 1.20. The molecule has 0 aromatic carbocycles. The van der Waals surface area contributed by atoms with E-state index in [1.165, 1.54) is 19.4 Å². The molecule has 0 radical (unpaired) electrons. The van der Waals surface area contributed by atoms with Crippen LogP contribution in [0.1, 0.15) is 44.8 Å². The summed E-state index contributed by atoms with van der Waals surface area (Å²) in [7, 11) is 0. The molecule has 1 aromatic heterocycles. The molecule has 3 unspecified atom stereocenters. The molecule has 0 aliphatic carbocycles. The molecule has 0 amide bonds. The fourth-order valence-corrected chi connectivity index (χ4v) is 3.58. The summed E-state index contributed by atoms with van der Waals surface area (Å²) in [6.07, 6.45) is 5.74. The summed E-state index contributed by atoms with van der Waals surface area (Å²) < 4.78 is 8.21. The molecule has 0 saturated carbocycles. The number of fused-ring (bicyclic) bond motifs is 1. The number of aryl methyl sites for hydroxylation is 1. The van der Waals surface area contributed by atoms with Gasteiger partial charge in [0.1, 0.15) is 0 Å². The molecule has 6 nitrogen and oxygen atoms in total. The molecule has 2 aliphatic heterocycles. The van der Waals surface area contributed by atoms with Crippen molar-refractivity contribution in [3.63, 3.8) is 0 Å². The molecule has 0 bridgehead atoms. The van der Waals surface area contributed by atoms with Crippen LogP contribution < -0.4 is 5.32 Å². The molecule has 3 heterocycles. The zero-order chi connectivity index (χ0) is 14.7. The van der Waals surface area contributed by atoms with E-state index in [0.29, 0.717) is 6.04 Å². The summed E-state index contributed by atoms with van der Waals surface area (Å²) in [5.41, 5.74) is 1.15. The van der Waals surface area contributed by atoms with Crippen LogP contribution in [0.25, 0.3) is 0 Å². The number of likely N-dealkylation sites (N-methyl/N-ethyl adjacent to an activating group) is 1. The molecular weight excluding hydrogens is 266 g/mol. The van der Waals surface area contributed by atoms with Crippen LogP contribution in [0.4, 0.5) is 0 Å². The number of morpholine rings is 1. The molecule has 21 heavy (non-hydrogen) atoms. The first-order valence-corrected chi connectivity index (χ1v) is 8.30. The Kier molecular flexibility index (Phi) is 4.87. The van der Waals surface area contributed by atoms with Crippen molar-refractivity contribution in [1.29, 1.82) is 0 Å². The molecule has 118 valence electrons. The average Bonchev–Trinajstić information content (AvgIpc) is 3.13. The molecule has 2 aliphatic rings. The lowest BCUT2D eigenvalue weighted by Crippen LogP contribution is -2.51. The van der Waals surface area contributed by atoms with Gasteiger partial charge in [-0.05, 0) is 32.4 Å². The third-order valence-corrected chi connectivity index (χ3v) is 4.61. The van der Waals surface area contributed by atoms with Gasteiger partial charge in [0.2, 0.25) is 0 Å². The number of aromatic nitrogens is 3. The summed E-state index contributed by atoms with van der Waals surface area (Å²) in [5.74, 6) is 0. The van der Waals surface area contributed by atoms with Gasteiger partial charge in [0.15, 0.2) is 0 Å². The van der Waals surface area contributed by atoms with Gasteiger partial charge in [0.05, 0.1) is 30.6 Å². The molecule has 0 spiro atoms. The molecule has 1 N–H and O–H groups in total. The maximum absolute atomic E-state index is 6.19. The topological polar surface area (TPSA) is 55.2 Å². The van der Waals surface area contributed by atoms with E-state index in [2.05, 4.69) is 34.4 Å². The highest BCUT2D eigenvalue weighted by Gasteiger charge is 2.37. The number of nitrogens with zero attached hydrogens (tertiary/aromatic N) is 4. The van der Waals surface area contributed by atoms with Crippen molar-refractivity contribution in [2.24, 2.45) is 0 Å². The van der Waals surface area contributed by atoms with Crippen molar-refractivity contribution >= 4 is 0 Å². The van der Waals surface area contributed by atoms with Crippen molar-refractivity contribution in [1.82, 2.24) is 25.2 Å². The Labute approximate surface area is 126 Å². The number of ether oxygens (including phenoxy) is 1. The fraction of sp³-hybridized carbons (Fsp3) is 0.867. The van der Waals surface area contributed by atoms with E-state index in [1.807, 2.05) is 10.9 Å². The number of hydrogen-bond acceptors (Lipinski definition) is 5. The van der Waals surface area contributed by atoms with E-state index in [9.17, 15) is 0 Å². The quantitative estimate of drug-likeness (QED) is 0.854. The van der Waals surface area contributed by atoms with Gasteiger partial charge < -0.3 is 10.1 Å². The summed E-state index contributed by atoms with van der Waals surface area (Å²) in [6, 6.07) is 0.820. The third kappa shape index (κ3) is 3.12. The highest BCUT2D eigenvalue weighted by molar-refractivity contribution is 5.07. The van der Waals surface area contributed by atoms with Crippen molar-refractivity contribution < 1.29 is 4.74 Å². The summed E-state index contributed by atoms with van der Waals surface area (Å²) in [6.45, 7) is 9.24. The number of nitrogens with one attached hydrogen (secondary N) is 1. The summed E-state index contributed by atoms with van der Waals surface area (Å²) >= 11 is 0. The van der Waals surface area contributed by atoms with E-state index in [1.54, 1.807) is 0 Å². The Bertz CT molecular complexity index is 449. The van der Waals surface area contributed by atoms with E-state index in [-0.39, 0.29) is 12.1 Å². The Hall–Kier alpha value is -0.980. The highest BCUT2D eigenvalue weighted by atomic mass is 16.5. The van der Waals surface area contributed by atoms with Gasteiger partial charge >= 0.3 is 0 Å². The molecule has 2 fully saturated rings. The minimum atomic E-state index is 0.179. The maximum atomic E-state index is 6.19. The summed E-state index contributed by atoms with van der Waals surface area (Å²) in [5, 5.41) is 11.9. The van der Waals surface area contributed by atoms with Crippen LogP contribution >= 0.6 is 0 Å². The van der Waals surface area contributed by atoms with Gasteiger partial charge in [-0.2, -0.15) is 0 Å². The second kappa shape index (κ2) is 6.85. The lowest BCUT2D eigenvalue weighted by Gasteiger charge is -2.39. The molecule has 6 heteroatoms. The second-order valence-electron chi connectivity index (χ2n) is 6.08. The molecule has 3 rings (SSSR count). The minimum absolute atomic E-state index is 0.179. The average molecular weight is 293 g/mol. The lowest BCUT2D eigenvalue weighted by atomic mass is 10.0. The van der Waals surface area contributed by atoms with Gasteiger partial charge in [-0.15, -0.1) is 5.10 Å². The number of rotatable bonds is 6. The SMILES string of the molecule is CCCn1nncc1C(NCC)C1CN2CCCC2CO1.